The minimum atomic E-state index is -0.486. The smallest absolute Gasteiger partial charge is 0.318 e. The molecule has 2 aliphatic heterocycles. The van der Waals surface area contributed by atoms with Gasteiger partial charge in [0.25, 0.3) is 0 Å². The van der Waals surface area contributed by atoms with Gasteiger partial charge in [0.15, 0.2) is 0 Å². The third-order valence-electron chi connectivity index (χ3n) is 7.51. The second kappa shape index (κ2) is 18.8. The summed E-state index contributed by atoms with van der Waals surface area (Å²) in [7, 11) is 3.20. The summed E-state index contributed by atoms with van der Waals surface area (Å²) >= 11 is 6.59. The van der Waals surface area contributed by atoms with Crippen molar-refractivity contribution in [2.45, 2.75) is 26.3 Å². The summed E-state index contributed by atoms with van der Waals surface area (Å²) in [6, 6.07) is 14.3. The lowest BCUT2D eigenvalue weighted by molar-refractivity contribution is -0.126. The Balaban J connectivity index is 0.000000453. The van der Waals surface area contributed by atoms with Crippen LogP contribution in [0.2, 0.25) is 5.02 Å². The van der Waals surface area contributed by atoms with Crippen LogP contribution in [0.5, 0.6) is 6.01 Å². The molecule has 46 heavy (non-hydrogen) atoms. The van der Waals surface area contributed by atoms with E-state index in [1.165, 1.54) is 24.0 Å². The summed E-state index contributed by atoms with van der Waals surface area (Å²) in [4.78, 5) is 29.4. The predicted molar refractivity (Wildman–Crippen MR) is 178 cm³/mol. The number of aliphatic hydroxyl groups is 1. The number of benzene rings is 2. The van der Waals surface area contributed by atoms with Crippen LogP contribution < -0.4 is 14.5 Å². The van der Waals surface area contributed by atoms with Crippen molar-refractivity contribution in [2.75, 3.05) is 83.3 Å². The average Bonchev–Trinajstić information content (AvgIpc) is 3.09. The van der Waals surface area contributed by atoms with E-state index in [1.54, 1.807) is 25.1 Å². The number of anilines is 2. The Morgan fingerprint density at radius 1 is 1.13 bits per heavy atom. The number of hydrogen-bond acceptors (Lipinski definition) is 9. The van der Waals surface area contributed by atoms with Crippen LogP contribution in [0.3, 0.4) is 0 Å². The number of ether oxygens (including phenoxy) is 1. The zero-order chi connectivity index (χ0) is 33.5. The number of aromatic nitrogens is 2. The van der Waals surface area contributed by atoms with Crippen molar-refractivity contribution in [3.63, 3.8) is 0 Å². The molecule has 2 aromatic carbocycles. The van der Waals surface area contributed by atoms with Crippen molar-refractivity contribution in [1.82, 2.24) is 19.8 Å². The number of nitrogens with zero attached hydrogens (tertiary/aromatic N) is 7. The average molecular weight is 658 g/mol. The highest BCUT2D eigenvalue weighted by molar-refractivity contribution is 6.36. The summed E-state index contributed by atoms with van der Waals surface area (Å²) in [5.74, 6) is 0.811. The van der Waals surface area contributed by atoms with Gasteiger partial charge in [0.05, 0.1) is 43.7 Å². The lowest BCUT2D eigenvalue weighted by Gasteiger charge is -2.38. The lowest BCUT2D eigenvalue weighted by atomic mass is 10.0. The van der Waals surface area contributed by atoms with Crippen LogP contribution in [0, 0.1) is 11.3 Å². The zero-order valence-electron chi connectivity index (χ0n) is 26.6. The maximum absolute atomic E-state index is 12.3. The number of rotatable bonds is 9. The standard InChI is InChI=1S/C26H28ClN5O3.C5H11F2N.C2H3N/c1-35-26-28-21-17-32(22-8-3-6-18-5-2-7-20(27)24(18)22)11-10-19(21)25(29-26)31-14-12-30(13-15-31)23(34)9-4-16-33;1-8(5-7)4-2-3-6;1-2-3/h2-9,33H,10-17H2,1H3;2-5H2,1H3;1H3/b9-4+;;. The number of alkyl halides is 2. The zero-order valence-corrected chi connectivity index (χ0v) is 27.4. The van der Waals surface area contributed by atoms with E-state index >= 15 is 0 Å². The normalized spacial score (nSPS) is 14.3. The molecule has 0 aliphatic carbocycles. The first-order valence-corrected chi connectivity index (χ1v) is 15.5. The molecule has 3 heterocycles. The Labute approximate surface area is 274 Å². The fourth-order valence-corrected chi connectivity index (χ4v) is 5.55. The van der Waals surface area contributed by atoms with Gasteiger partial charge in [0, 0.05) is 68.9 Å². The van der Waals surface area contributed by atoms with Gasteiger partial charge in [0.1, 0.15) is 12.6 Å². The summed E-state index contributed by atoms with van der Waals surface area (Å²) in [5.41, 5.74) is 3.18. The van der Waals surface area contributed by atoms with Crippen molar-refractivity contribution in [2.24, 2.45) is 0 Å². The maximum atomic E-state index is 12.3. The molecule has 1 N–H and O–H groups in total. The first kappa shape index (κ1) is 36.4. The van der Waals surface area contributed by atoms with Crippen LogP contribution in [0.15, 0.2) is 48.6 Å². The molecule has 248 valence electrons. The summed E-state index contributed by atoms with van der Waals surface area (Å²) < 4.78 is 28.3. The van der Waals surface area contributed by atoms with Gasteiger partial charge in [-0.25, -0.2) is 4.39 Å². The van der Waals surface area contributed by atoms with Gasteiger partial charge in [-0.3, -0.25) is 14.1 Å². The van der Waals surface area contributed by atoms with E-state index in [2.05, 4.69) is 34.1 Å². The fourth-order valence-electron chi connectivity index (χ4n) is 5.27. The summed E-state index contributed by atoms with van der Waals surface area (Å²) in [6.07, 6.45) is 4.13. The van der Waals surface area contributed by atoms with Crippen LogP contribution in [0.4, 0.5) is 20.3 Å². The SMILES string of the molecule is CC#N.CN(CF)CCCF.COc1nc2c(c(N3CCN(C(=O)/C=C/CO)CC3)n1)CCN(c1cccc3cccc(Cl)c13)C2. The van der Waals surface area contributed by atoms with E-state index < -0.39 is 6.80 Å². The van der Waals surface area contributed by atoms with Crippen LogP contribution in [-0.4, -0.2) is 104 Å². The topological polar surface area (TPSA) is 109 Å². The first-order chi connectivity index (χ1) is 22.3. The number of fused-ring (bicyclic) bond motifs is 2. The van der Waals surface area contributed by atoms with Crippen molar-refractivity contribution in [3.05, 3.63) is 64.8 Å². The molecule has 1 amide bonds. The molecule has 1 saturated heterocycles. The third-order valence-corrected chi connectivity index (χ3v) is 7.83. The molecule has 13 heteroatoms. The van der Waals surface area contributed by atoms with Gasteiger partial charge in [-0.1, -0.05) is 41.9 Å². The van der Waals surface area contributed by atoms with Crippen LogP contribution >= 0.6 is 11.6 Å². The third kappa shape index (κ3) is 9.72. The molecule has 1 aromatic heterocycles. The van der Waals surface area contributed by atoms with Gasteiger partial charge < -0.3 is 24.5 Å². The number of carbonyl (C=O) groups is 1. The molecule has 3 aromatic rings. The van der Waals surface area contributed by atoms with E-state index in [0.29, 0.717) is 51.7 Å². The van der Waals surface area contributed by atoms with Gasteiger partial charge in [-0.05, 0) is 37.4 Å². The van der Waals surface area contributed by atoms with E-state index in [9.17, 15) is 13.6 Å². The van der Waals surface area contributed by atoms with E-state index in [4.69, 9.17) is 36.7 Å². The Kier molecular flexibility index (Phi) is 14.9. The Hall–Kier alpha value is -4.05. The quantitative estimate of drug-likeness (QED) is 0.257. The van der Waals surface area contributed by atoms with E-state index in [-0.39, 0.29) is 19.2 Å². The van der Waals surface area contributed by atoms with Gasteiger partial charge >= 0.3 is 6.01 Å². The number of nitriles is 1. The molecule has 10 nitrogen and oxygen atoms in total. The van der Waals surface area contributed by atoms with Crippen molar-refractivity contribution in [1.29, 1.82) is 5.26 Å². The fraction of sp³-hybridized carbons (Fsp3) is 0.455. The number of halogens is 3. The minimum absolute atomic E-state index is 0.0783. The lowest BCUT2D eigenvalue weighted by Crippen LogP contribution is -2.49. The number of hydrogen-bond donors (Lipinski definition) is 1. The highest BCUT2D eigenvalue weighted by Gasteiger charge is 2.29. The van der Waals surface area contributed by atoms with E-state index in [1.807, 2.05) is 12.1 Å². The highest BCUT2D eigenvalue weighted by atomic mass is 35.5. The molecule has 5 rings (SSSR count). The first-order valence-electron chi connectivity index (χ1n) is 15.1. The minimum Gasteiger partial charge on any atom is -0.467 e. The van der Waals surface area contributed by atoms with Gasteiger partial charge in [-0.2, -0.15) is 15.2 Å². The largest absolute Gasteiger partial charge is 0.467 e. The van der Waals surface area contributed by atoms with Crippen LogP contribution in [0.25, 0.3) is 10.8 Å². The maximum Gasteiger partial charge on any atom is 0.318 e. The molecular formula is C33H42ClF2N7O3. The van der Waals surface area contributed by atoms with Crippen molar-refractivity contribution in [3.8, 4) is 12.1 Å². The summed E-state index contributed by atoms with van der Waals surface area (Å²) in [5, 5.41) is 19.1. The molecule has 0 unspecified atom stereocenters. The molecule has 0 radical (unpaired) electrons. The molecule has 0 saturated carbocycles. The molecule has 1 fully saturated rings. The monoisotopic (exact) mass is 657 g/mol. The van der Waals surface area contributed by atoms with Gasteiger partial charge in [0.2, 0.25) is 5.91 Å². The molecule has 0 bridgehead atoms. The van der Waals surface area contributed by atoms with Gasteiger partial charge in [-0.15, -0.1) is 0 Å². The molecule has 2 aliphatic rings. The number of methoxy groups -OCH3 is 1. The number of amides is 1. The Morgan fingerprint density at radius 3 is 2.46 bits per heavy atom. The predicted octanol–water partition coefficient (Wildman–Crippen LogP) is 4.79. The molecular weight excluding hydrogens is 616 g/mol. The Morgan fingerprint density at radius 2 is 1.83 bits per heavy atom. The number of aliphatic hydroxyl groups excluding tert-OH is 1. The Bertz CT molecular complexity index is 1490. The van der Waals surface area contributed by atoms with E-state index in [0.717, 1.165) is 51.5 Å². The second-order valence-corrected chi connectivity index (χ2v) is 11.0. The van der Waals surface area contributed by atoms with Crippen molar-refractivity contribution >= 4 is 39.8 Å². The van der Waals surface area contributed by atoms with Crippen LogP contribution in [0.1, 0.15) is 24.6 Å². The number of carbonyl (C=O) groups excluding carboxylic acids is 1. The molecule has 0 atom stereocenters. The molecule has 0 spiro atoms. The summed E-state index contributed by atoms with van der Waals surface area (Å²) in [6.45, 7) is 4.95. The highest BCUT2D eigenvalue weighted by Crippen LogP contribution is 2.37. The number of piperazine rings is 1. The van der Waals surface area contributed by atoms with Crippen molar-refractivity contribution < 1.29 is 23.4 Å². The van der Waals surface area contributed by atoms with Crippen LogP contribution in [-0.2, 0) is 17.8 Å². The second-order valence-electron chi connectivity index (χ2n) is 10.6.